The van der Waals surface area contributed by atoms with Crippen LogP contribution < -0.4 is 26.5 Å². The van der Waals surface area contributed by atoms with Gasteiger partial charge in [0.15, 0.2) is 0 Å². The van der Waals surface area contributed by atoms with Gasteiger partial charge in [0.05, 0.1) is 0 Å². The lowest BCUT2D eigenvalue weighted by Gasteiger charge is -2.33. The minimum absolute atomic E-state index is 0.0982. The number of nitrogens with one attached hydrogen (secondary N) is 2. The molecule has 1 saturated carbocycles. The summed E-state index contributed by atoms with van der Waals surface area (Å²) in [5.41, 5.74) is 1.07. The van der Waals surface area contributed by atoms with Gasteiger partial charge in [-0.05, 0) is 54.9 Å². The van der Waals surface area contributed by atoms with Crippen molar-refractivity contribution in [1.29, 1.82) is 0 Å². The molecule has 0 bridgehead atoms. The van der Waals surface area contributed by atoms with Crippen LogP contribution in [0, 0.1) is 0 Å². The average Bonchev–Trinajstić information content (AvgIpc) is 2.96. The second-order valence-corrected chi connectivity index (χ2v) is 11.4. The Balaban J connectivity index is 1.41. The van der Waals surface area contributed by atoms with Gasteiger partial charge in [-0.1, -0.05) is 97.8 Å². The molecule has 0 spiro atoms. The van der Waals surface area contributed by atoms with Gasteiger partial charge in [0, 0.05) is 23.8 Å². The summed E-state index contributed by atoms with van der Waals surface area (Å²) >= 11 is 0. The molecular weight excluding hydrogens is 477 g/mol. The molecule has 2 atom stereocenters. The minimum atomic E-state index is -0.917. The van der Waals surface area contributed by atoms with Crippen LogP contribution in [0.4, 0.5) is 0 Å². The van der Waals surface area contributed by atoms with E-state index in [0.717, 1.165) is 31.0 Å². The van der Waals surface area contributed by atoms with Gasteiger partial charge < -0.3 is 10.6 Å². The zero-order valence-electron chi connectivity index (χ0n) is 20.6. The molecule has 0 radical (unpaired) electrons. The first-order valence-corrected chi connectivity index (χ1v) is 14.1. The third-order valence-corrected chi connectivity index (χ3v) is 9.22. The summed E-state index contributed by atoms with van der Waals surface area (Å²) in [6, 6.07) is 33.7. The zero-order chi connectivity index (χ0) is 25.5. The Morgan fingerprint density at radius 1 is 0.649 bits per heavy atom. The van der Waals surface area contributed by atoms with Gasteiger partial charge in [0.25, 0.3) is 11.8 Å². The minimum Gasteiger partial charge on any atom is -0.347 e. The van der Waals surface area contributed by atoms with Crippen LogP contribution in [0.1, 0.15) is 46.5 Å². The Bertz CT molecular complexity index is 1290. The maximum atomic E-state index is 13.8. The molecule has 0 saturated heterocycles. The van der Waals surface area contributed by atoms with Gasteiger partial charge in [-0.3, -0.25) is 14.6 Å². The molecule has 186 valence electrons. The average molecular weight is 508 g/mol. The molecule has 0 unspecified atom stereocenters. The summed E-state index contributed by atoms with van der Waals surface area (Å²) in [6.07, 6.45) is 5.30. The van der Waals surface area contributed by atoms with Crippen LogP contribution in [-0.4, -0.2) is 28.9 Å². The molecule has 1 heterocycles. The molecule has 2 amide bonds. The summed E-state index contributed by atoms with van der Waals surface area (Å²) < 4.78 is 0. The molecule has 6 heteroatoms. The number of hydrogen-bond acceptors (Lipinski definition) is 3. The SMILES string of the molecule is O=C(N[C@H]1CCCC[C@@H]1NC(=O)c1ccccc1P(c1ccccc1)c1ccccc1)c1ccccn1. The van der Waals surface area contributed by atoms with E-state index in [-0.39, 0.29) is 23.9 Å². The van der Waals surface area contributed by atoms with Gasteiger partial charge in [-0.15, -0.1) is 0 Å². The maximum absolute atomic E-state index is 13.8. The smallest absolute Gasteiger partial charge is 0.270 e. The molecule has 5 rings (SSSR count). The topological polar surface area (TPSA) is 71.1 Å². The van der Waals surface area contributed by atoms with Crippen molar-refractivity contribution < 1.29 is 9.59 Å². The van der Waals surface area contributed by atoms with Crippen molar-refractivity contribution >= 4 is 35.6 Å². The third kappa shape index (κ3) is 5.95. The van der Waals surface area contributed by atoms with Crippen molar-refractivity contribution in [3.05, 3.63) is 121 Å². The van der Waals surface area contributed by atoms with Crippen LogP contribution in [0.5, 0.6) is 0 Å². The van der Waals surface area contributed by atoms with Crippen molar-refractivity contribution in [1.82, 2.24) is 15.6 Å². The van der Waals surface area contributed by atoms with E-state index >= 15 is 0 Å². The van der Waals surface area contributed by atoms with Crippen LogP contribution >= 0.6 is 7.92 Å². The number of carbonyl (C=O) groups excluding carboxylic acids is 2. The first-order chi connectivity index (χ1) is 18.2. The molecule has 2 N–H and O–H groups in total. The van der Waals surface area contributed by atoms with Crippen LogP contribution in [0.2, 0.25) is 0 Å². The van der Waals surface area contributed by atoms with E-state index in [9.17, 15) is 9.59 Å². The summed E-state index contributed by atoms with van der Waals surface area (Å²) in [7, 11) is -0.917. The predicted molar refractivity (Wildman–Crippen MR) is 150 cm³/mol. The summed E-state index contributed by atoms with van der Waals surface area (Å²) in [6.45, 7) is 0. The number of rotatable bonds is 7. The van der Waals surface area contributed by atoms with E-state index in [0.29, 0.717) is 11.3 Å². The van der Waals surface area contributed by atoms with Crippen molar-refractivity contribution in [2.45, 2.75) is 37.8 Å². The largest absolute Gasteiger partial charge is 0.347 e. The fourth-order valence-corrected chi connectivity index (χ4v) is 7.35. The molecule has 3 aromatic carbocycles. The molecule has 1 aliphatic carbocycles. The highest BCUT2D eigenvalue weighted by atomic mass is 31.1. The summed E-state index contributed by atoms with van der Waals surface area (Å²) in [4.78, 5) is 30.7. The van der Waals surface area contributed by atoms with Crippen molar-refractivity contribution in [3.63, 3.8) is 0 Å². The van der Waals surface area contributed by atoms with Crippen LogP contribution in [0.3, 0.4) is 0 Å². The number of benzene rings is 3. The molecule has 0 aliphatic heterocycles. The Morgan fingerprint density at radius 2 is 1.19 bits per heavy atom. The fraction of sp³-hybridized carbons (Fsp3) is 0.194. The lowest BCUT2D eigenvalue weighted by Crippen LogP contribution is -2.53. The highest BCUT2D eigenvalue weighted by molar-refractivity contribution is 7.80. The Hall–Kier alpha value is -3.82. The number of carbonyl (C=O) groups is 2. The van der Waals surface area contributed by atoms with E-state index in [4.69, 9.17) is 0 Å². The highest BCUT2D eigenvalue weighted by Crippen LogP contribution is 2.34. The van der Waals surface area contributed by atoms with Crippen molar-refractivity contribution in [2.75, 3.05) is 0 Å². The van der Waals surface area contributed by atoms with Crippen LogP contribution in [-0.2, 0) is 0 Å². The first kappa shape index (κ1) is 24.9. The summed E-state index contributed by atoms with van der Waals surface area (Å²) in [5, 5.41) is 9.81. The number of aromatic nitrogens is 1. The van der Waals surface area contributed by atoms with Crippen LogP contribution in [0.25, 0.3) is 0 Å². The quantitative estimate of drug-likeness (QED) is 0.366. The van der Waals surface area contributed by atoms with Crippen LogP contribution in [0.15, 0.2) is 109 Å². The number of amides is 2. The highest BCUT2D eigenvalue weighted by Gasteiger charge is 2.30. The first-order valence-electron chi connectivity index (χ1n) is 12.7. The zero-order valence-corrected chi connectivity index (χ0v) is 21.5. The maximum Gasteiger partial charge on any atom is 0.270 e. The Labute approximate surface area is 219 Å². The van der Waals surface area contributed by atoms with E-state index < -0.39 is 7.92 Å². The van der Waals surface area contributed by atoms with E-state index in [1.807, 2.05) is 54.6 Å². The van der Waals surface area contributed by atoms with E-state index in [1.54, 1.807) is 24.4 Å². The molecule has 4 aromatic rings. The molecule has 1 fully saturated rings. The molecule has 5 nitrogen and oxygen atoms in total. The number of nitrogens with zero attached hydrogens (tertiary/aromatic N) is 1. The Morgan fingerprint density at radius 3 is 1.78 bits per heavy atom. The molecular formula is C31H30N3O2P. The second-order valence-electron chi connectivity index (χ2n) is 9.18. The third-order valence-electron chi connectivity index (χ3n) is 6.71. The van der Waals surface area contributed by atoms with Gasteiger partial charge in [0.1, 0.15) is 5.69 Å². The lowest BCUT2D eigenvalue weighted by molar-refractivity contribution is 0.0860. The lowest BCUT2D eigenvalue weighted by atomic mass is 9.90. The standard InChI is InChI=1S/C31H30N3O2P/c35-30(33-26-18-8-9-19-27(26)34-31(36)28-20-11-12-22-32-28)25-17-7-10-21-29(25)37(23-13-3-1-4-14-23)24-15-5-2-6-16-24/h1-7,10-17,20-22,26-27H,8-9,18-19H2,(H,33,35)(H,34,36)/t26-,27-/m0/s1. The Kier molecular flexibility index (Phi) is 8.02. The second kappa shape index (κ2) is 11.9. The predicted octanol–water partition coefficient (Wildman–Crippen LogP) is 4.31. The summed E-state index contributed by atoms with van der Waals surface area (Å²) in [5.74, 6) is -0.303. The van der Waals surface area contributed by atoms with Gasteiger partial charge in [-0.2, -0.15) is 0 Å². The van der Waals surface area contributed by atoms with Gasteiger partial charge in [-0.25, -0.2) is 0 Å². The molecule has 37 heavy (non-hydrogen) atoms. The van der Waals surface area contributed by atoms with Crippen molar-refractivity contribution in [2.24, 2.45) is 0 Å². The molecule has 1 aromatic heterocycles. The van der Waals surface area contributed by atoms with E-state index in [2.05, 4.69) is 45.9 Å². The number of pyridine rings is 1. The van der Waals surface area contributed by atoms with E-state index in [1.165, 1.54) is 10.6 Å². The number of hydrogen-bond donors (Lipinski definition) is 2. The fourth-order valence-electron chi connectivity index (χ4n) is 4.90. The van der Waals surface area contributed by atoms with Crippen molar-refractivity contribution in [3.8, 4) is 0 Å². The normalized spacial score (nSPS) is 17.2. The van der Waals surface area contributed by atoms with Gasteiger partial charge >= 0.3 is 0 Å². The van der Waals surface area contributed by atoms with Gasteiger partial charge in [0.2, 0.25) is 0 Å². The monoisotopic (exact) mass is 507 g/mol. The molecule has 1 aliphatic rings.